The van der Waals surface area contributed by atoms with Gasteiger partial charge in [0.05, 0.1) is 15.5 Å². The summed E-state index contributed by atoms with van der Waals surface area (Å²) >= 11 is 5.85. The number of aliphatic hydroxyl groups is 1. The fourth-order valence-corrected chi connectivity index (χ4v) is 3.43. The summed E-state index contributed by atoms with van der Waals surface area (Å²) in [6, 6.07) is 5.89. The summed E-state index contributed by atoms with van der Waals surface area (Å²) in [6.07, 6.45) is 2.33. The van der Waals surface area contributed by atoms with Crippen molar-refractivity contribution in [2.45, 2.75) is 31.1 Å². The van der Waals surface area contributed by atoms with Gasteiger partial charge in [0.1, 0.15) is 6.07 Å². The minimum absolute atomic E-state index is 0.0331. The molecule has 0 radical (unpaired) electrons. The van der Waals surface area contributed by atoms with E-state index in [1.165, 1.54) is 18.2 Å². The number of halogens is 1. The number of aliphatic hydroxyl groups excluding tert-OH is 1. The van der Waals surface area contributed by atoms with Crippen LogP contribution in [0.5, 0.6) is 0 Å². The van der Waals surface area contributed by atoms with Gasteiger partial charge in [0.15, 0.2) is 0 Å². The lowest BCUT2D eigenvalue weighted by Crippen LogP contribution is -2.30. The standard InChI is InChI=1S/C14H19ClN2O3S/c1-2-3-11(6-7-18)10-17-21(19,20)13-5-4-12(9-16)14(15)8-13/h4-5,8,11,17-18H,2-3,6-7,10H2,1H3. The molecule has 0 amide bonds. The highest BCUT2D eigenvalue weighted by atomic mass is 35.5. The minimum atomic E-state index is -3.66. The van der Waals surface area contributed by atoms with Gasteiger partial charge in [-0.15, -0.1) is 0 Å². The highest BCUT2D eigenvalue weighted by Gasteiger charge is 2.17. The van der Waals surface area contributed by atoms with Gasteiger partial charge in [-0.05, 0) is 37.0 Å². The molecule has 0 bridgehead atoms. The number of hydrogen-bond acceptors (Lipinski definition) is 4. The van der Waals surface area contributed by atoms with Crippen molar-refractivity contribution in [2.24, 2.45) is 5.92 Å². The van der Waals surface area contributed by atoms with Crippen LogP contribution in [-0.4, -0.2) is 26.7 Å². The van der Waals surface area contributed by atoms with Crippen molar-refractivity contribution >= 4 is 21.6 Å². The molecule has 1 aromatic rings. The predicted octanol–water partition coefficient (Wildman–Crippen LogP) is 2.29. The smallest absolute Gasteiger partial charge is 0.240 e. The average Bonchev–Trinajstić information content (AvgIpc) is 2.45. The third kappa shape index (κ3) is 5.29. The van der Waals surface area contributed by atoms with Crippen LogP contribution in [0.25, 0.3) is 0 Å². The zero-order valence-corrected chi connectivity index (χ0v) is 13.4. The van der Waals surface area contributed by atoms with E-state index in [2.05, 4.69) is 4.72 Å². The van der Waals surface area contributed by atoms with Crippen molar-refractivity contribution in [3.05, 3.63) is 28.8 Å². The van der Waals surface area contributed by atoms with Crippen molar-refractivity contribution in [2.75, 3.05) is 13.2 Å². The molecule has 0 saturated heterocycles. The molecule has 0 heterocycles. The van der Waals surface area contributed by atoms with Crippen molar-refractivity contribution in [3.63, 3.8) is 0 Å². The Balaban J connectivity index is 2.82. The molecular weight excluding hydrogens is 312 g/mol. The lowest BCUT2D eigenvalue weighted by molar-refractivity contribution is 0.251. The molecule has 0 aliphatic carbocycles. The van der Waals surface area contributed by atoms with Crippen molar-refractivity contribution < 1.29 is 13.5 Å². The van der Waals surface area contributed by atoms with Gasteiger partial charge in [0, 0.05) is 13.2 Å². The summed E-state index contributed by atoms with van der Waals surface area (Å²) in [5, 5.41) is 17.9. The first-order valence-electron chi connectivity index (χ1n) is 6.74. The van der Waals surface area contributed by atoms with Gasteiger partial charge < -0.3 is 5.11 Å². The van der Waals surface area contributed by atoms with Gasteiger partial charge in [-0.3, -0.25) is 0 Å². The second-order valence-electron chi connectivity index (χ2n) is 4.77. The summed E-state index contributed by atoms with van der Waals surface area (Å²) in [5.41, 5.74) is 0.236. The molecule has 5 nitrogen and oxygen atoms in total. The lowest BCUT2D eigenvalue weighted by Gasteiger charge is -2.16. The van der Waals surface area contributed by atoms with Gasteiger partial charge in [0.2, 0.25) is 10.0 Å². The fourth-order valence-electron chi connectivity index (χ4n) is 2.00. The second-order valence-corrected chi connectivity index (χ2v) is 6.95. The SMILES string of the molecule is CCCC(CCO)CNS(=O)(=O)c1ccc(C#N)c(Cl)c1. The number of hydrogen-bond donors (Lipinski definition) is 2. The first-order valence-corrected chi connectivity index (χ1v) is 8.60. The summed E-state index contributed by atoms with van der Waals surface area (Å²) < 4.78 is 26.9. The Bertz CT molecular complexity index is 605. The molecule has 0 aromatic heterocycles. The van der Waals surface area contributed by atoms with Gasteiger partial charge in [0.25, 0.3) is 0 Å². The first kappa shape index (κ1) is 17.9. The van der Waals surface area contributed by atoms with Crippen LogP contribution >= 0.6 is 11.6 Å². The molecule has 0 fully saturated rings. The zero-order chi connectivity index (χ0) is 15.9. The highest BCUT2D eigenvalue weighted by Crippen LogP contribution is 2.20. The molecule has 2 N–H and O–H groups in total. The van der Waals surface area contributed by atoms with Crippen molar-refractivity contribution in [1.82, 2.24) is 4.72 Å². The Morgan fingerprint density at radius 1 is 1.43 bits per heavy atom. The maximum Gasteiger partial charge on any atom is 0.240 e. The molecule has 1 atom stereocenters. The molecule has 21 heavy (non-hydrogen) atoms. The molecule has 0 spiro atoms. The first-order chi connectivity index (χ1) is 9.94. The van der Waals surface area contributed by atoms with Gasteiger partial charge >= 0.3 is 0 Å². The fraction of sp³-hybridized carbons (Fsp3) is 0.500. The number of sulfonamides is 1. The normalized spacial score (nSPS) is 12.9. The third-order valence-electron chi connectivity index (χ3n) is 3.17. The maximum absolute atomic E-state index is 12.2. The molecule has 0 aliphatic heterocycles. The Labute approximate surface area is 130 Å². The molecule has 116 valence electrons. The van der Waals surface area contributed by atoms with E-state index in [-0.39, 0.29) is 34.6 Å². The van der Waals surface area contributed by atoms with Gasteiger partial charge in [-0.2, -0.15) is 5.26 Å². The molecule has 0 saturated carbocycles. The highest BCUT2D eigenvalue weighted by molar-refractivity contribution is 7.89. The van der Waals surface area contributed by atoms with Gasteiger partial charge in [-0.25, -0.2) is 13.1 Å². The van der Waals surface area contributed by atoms with Crippen LogP contribution in [0.2, 0.25) is 5.02 Å². The van der Waals surface area contributed by atoms with Crippen LogP contribution in [0.4, 0.5) is 0 Å². The number of benzene rings is 1. The van der Waals surface area contributed by atoms with Crippen molar-refractivity contribution in [1.29, 1.82) is 5.26 Å². The quantitative estimate of drug-likeness (QED) is 0.765. The summed E-state index contributed by atoms with van der Waals surface area (Å²) in [7, 11) is -3.66. The minimum Gasteiger partial charge on any atom is -0.396 e. The van der Waals surface area contributed by atoms with E-state index in [9.17, 15) is 8.42 Å². The van der Waals surface area contributed by atoms with Crippen LogP contribution in [0.1, 0.15) is 31.7 Å². The summed E-state index contributed by atoms with van der Waals surface area (Å²) in [6.45, 7) is 2.32. The van der Waals surface area contributed by atoms with Gasteiger partial charge in [-0.1, -0.05) is 24.9 Å². The number of nitrogens with one attached hydrogen (secondary N) is 1. The van der Waals surface area contributed by atoms with E-state index in [4.69, 9.17) is 22.0 Å². The third-order valence-corrected chi connectivity index (χ3v) is 4.90. The monoisotopic (exact) mass is 330 g/mol. The molecule has 0 aliphatic rings. The Morgan fingerprint density at radius 2 is 2.14 bits per heavy atom. The Morgan fingerprint density at radius 3 is 2.67 bits per heavy atom. The number of nitriles is 1. The van der Waals surface area contributed by atoms with E-state index in [1.807, 2.05) is 13.0 Å². The predicted molar refractivity (Wildman–Crippen MR) is 81.5 cm³/mol. The molecule has 7 heteroatoms. The maximum atomic E-state index is 12.2. The topological polar surface area (TPSA) is 90.2 Å². The zero-order valence-electron chi connectivity index (χ0n) is 11.8. The molecule has 1 aromatic carbocycles. The largest absolute Gasteiger partial charge is 0.396 e. The van der Waals surface area contributed by atoms with Crippen LogP contribution in [-0.2, 0) is 10.0 Å². The molecular formula is C14H19ClN2O3S. The van der Waals surface area contributed by atoms with Crippen LogP contribution in [0.15, 0.2) is 23.1 Å². The van der Waals surface area contributed by atoms with Crippen LogP contribution < -0.4 is 4.72 Å². The Kier molecular flexibility index (Phi) is 7.12. The van der Waals surface area contributed by atoms with E-state index in [0.717, 1.165) is 12.8 Å². The lowest BCUT2D eigenvalue weighted by atomic mass is 10.0. The summed E-state index contributed by atoms with van der Waals surface area (Å²) in [5.74, 6) is 0.101. The van der Waals surface area contributed by atoms with E-state index < -0.39 is 10.0 Å². The average molecular weight is 331 g/mol. The number of nitrogens with zero attached hydrogens (tertiary/aromatic N) is 1. The molecule has 1 rings (SSSR count). The second kappa shape index (κ2) is 8.35. The Hall–Kier alpha value is -1.13. The number of rotatable bonds is 8. The van der Waals surface area contributed by atoms with Crippen molar-refractivity contribution in [3.8, 4) is 6.07 Å². The van der Waals surface area contributed by atoms with Crippen LogP contribution in [0.3, 0.4) is 0 Å². The van der Waals surface area contributed by atoms with E-state index >= 15 is 0 Å². The van der Waals surface area contributed by atoms with E-state index in [0.29, 0.717) is 6.42 Å². The van der Waals surface area contributed by atoms with Crippen LogP contribution in [0, 0.1) is 17.2 Å². The molecule has 1 unspecified atom stereocenters. The summed E-state index contributed by atoms with van der Waals surface area (Å²) in [4.78, 5) is 0.0331. The van der Waals surface area contributed by atoms with E-state index in [1.54, 1.807) is 0 Å².